The van der Waals surface area contributed by atoms with Crippen molar-refractivity contribution in [1.29, 1.82) is 0 Å². The first-order valence-electron chi connectivity index (χ1n) is 7.95. The van der Waals surface area contributed by atoms with Gasteiger partial charge in [-0.3, -0.25) is 18.9 Å². The van der Waals surface area contributed by atoms with Gasteiger partial charge in [-0.15, -0.1) is 0 Å². The van der Waals surface area contributed by atoms with E-state index < -0.39 is 70.5 Å². The summed E-state index contributed by atoms with van der Waals surface area (Å²) in [5, 5.41) is 10.4. The van der Waals surface area contributed by atoms with E-state index in [1.165, 1.54) is 0 Å². The van der Waals surface area contributed by atoms with Gasteiger partial charge in [0.15, 0.2) is 11.1 Å². The largest absolute Gasteiger partial charge is 0.490 e. The summed E-state index contributed by atoms with van der Waals surface area (Å²) in [6.45, 7) is -1.18. The lowest BCUT2D eigenvalue weighted by Gasteiger charge is -2.25. The number of aliphatic hydroxyl groups excluding tert-OH is 1. The molecule has 0 spiro atoms. The van der Waals surface area contributed by atoms with Crippen LogP contribution in [0.25, 0.3) is 0 Å². The predicted molar refractivity (Wildman–Crippen MR) is 102 cm³/mol. The molecule has 0 amide bonds. The second-order valence-corrected chi connectivity index (χ2v) is 11.1. The number of aliphatic hydroxyl groups is 1. The number of aromatic amines is 1. The molecule has 1 fully saturated rings. The van der Waals surface area contributed by atoms with Gasteiger partial charge in [-0.1, -0.05) is 11.6 Å². The minimum absolute atomic E-state index is 0.374. The van der Waals surface area contributed by atoms with Crippen LogP contribution in [0.1, 0.15) is 6.23 Å². The SMILES string of the molecule is NC#CC1(Cl)[C@@H](O)[C@@H](COP(=O)(O)OP(=O)(O)OP(=O)(O)O)O[C@H]1n1cc(F)c(=O)[nH]c1=O. The van der Waals surface area contributed by atoms with Crippen LogP contribution in [0.4, 0.5) is 4.39 Å². The maximum Gasteiger partial charge on any atom is 0.490 e. The zero-order valence-corrected chi connectivity index (χ0v) is 19.0. The Labute approximate surface area is 186 Å². The van der Waals surface area contributed by atoms with E-state index in [2.05, 4.69) is 19.1 Å². The first kappa shape index (κ1) is 27.8. The van der Waals surface area contributed by atoms with E-state index in [-0.39, 0.29) is 0 Å². The zero-order chi connectivity index (χ0) is 25.4. The summed E-state index contributed by atoms with van der Waals surface area (Å²) in [7, 11) is -17.0. The van der Waals surface area contributed by atoms with Gasteiger partial charge in [-0.2, -0.15) is 13.0 Å². The number of hydrogen-bond acceptors (Lipinski definition) is 11. The van der Waals surface area contributed by atoms with Crippen LogP contribution in [0.2, 0.25) is 0 Å². The van der Waals surface area contributed by atoms with Crippen LogP contribution in [-0.2, 0) is 31.6 Å². The summed E-state index contributed by atoms with van der Waals surface area (Å²) in [4.78, 5) is 58.2. The fourth-order valence-electron chi connectivity index (χ4n) is 2.51. The van der Waals surface area contributed by atoms with E-state index in [0.717, 1.165) is 0 Å². The average molecular weight is 560 g/mol. The molecule has 1 saturated heterocycles. The first-order valence-corrected chi connectivity index (χ1v) is 12.9. The smallest absolute Gasteiger partial charge is 0.387 e. The van der Waals surface area contributed by atoms with Crippen LogP contribution < -0.4 is 17.0 Å². The molecule has 0 bridgehead atoms. The summed E-state index contributed by atoms with van der Waals surface area (Å²) in [5.41, 5.74) is 2.45. The van der Waals surface area contributed by atoms with Gasteiger partial charge in [0.25, 0.3) is 5.56 Å². The number of H-pyrrole nitrogens is 1. The molecule has 0 aliphatic carbocycles. The maximum absolute atomic E-state index is 13.7. The summed E-state index contributed by atoms with van der Waals surface area (Å²) < 4.78 is 64.5. The second-order valence-electron chi connectivity index (χ2n) is 6.04. The molecule has 0 radical (unpaired) electrons. The van der Waals surface area contributed by atoms with Gasteiger partial charge >= 0.3 is 29.2 Å². The number of phosphoric ester groups is 1. The molecule has 1 aromatic rings. The Morgan fingerprint density at radius 3 is 2.39 bits per heavy atom. The molecule has 2 rings (SSSR count). The van der Waals surface area contributed by atoms with E-state index in [9.17, 15) is 37.7 Å². The van der Waals surface area contributed by atoms with Crippen LogP contribution >= 0.6 is 35.1 Å². The van der Waals surface area contributed by atoms with Crippen molar-refractivity contribution >= 4 is 35.1 Å². The lowest BCUT2D eigenvalue weighted by Crippen LogP contribution is -2.44. The second kappa shape index (κ2) is 9.68. The molecule has 17 nitrogen and oxygen atoms in total. The normalized spacial score (nSPS) is 29.0. The Kier molecular flexibility index (Phi) is 8.17. The molecule has 0 aromatic carbocycles. The van der Waals surface area contributed by atoms with E-state index >= 15 is 0 Å². The quantitative estimate of drug-likeness (QED) is 0.0799. The average Bonchev–Trinajstić information content (AvgIpc) is 2.85. The van der Waals surface area contributed by atoms with E-state index in [1.807, 2.05) is 6.04 Å². The summed E-state index contributed by atoms with van der Waals surface area (Å²) in [6.07, 6.45) is -5.24. The Morgan fingerprint density at radius 1 is 1.24 bits per heavy atom. The third kappa shape index (κ3) is 6.81. The van der Waals surface area contributed by atoms with E-state index in [0.29, 0.717) is 10.8 Å². The minimum Gasteiger partial charge on any atom is -0.387 e. The highest BCUT2D eigenvalue weighted by Gasteiger charge is 2.57. The molecule has 1 aromatic heterocycles. The monoisotopic (exact) mass is 559 g/mol. The van der Waals surface area contributed by atoms with Crippen molar-refractivity contribution in [1.82, 2.24) is 9.55 Å². The molecule has 2 heterocycles. The Morgan fingerprint density at radius 2 is 1.85 bits per heavy atom. The van der Waals surface area contributed by atoms with Crippen molar-refractivity contribution in [3.8, 4) is 12.0 Å². The van der Waals surface area contributed by atoms with E-state index in [4.69, 9.17) is 36.8 Å². The fraction of sp³-hybridized carbons (Fsp3) is 0.455. The molecule has 22 heteroatoms. The number of hydrogen-bond donors (Lipinski definition) is 7. The molecule has 8 N–H and O–H groups in total. The van der Waals surface area contributed by atoms with Gasteiger partial charge in [0.1, 0.15) is 12.2 Å². The molecule has 33 heavy (non-hydrogen) atoms. The van der Waals surface area contributed by atoms with Crippen molar-refractivity contribution in [2.24, 2.45) is 5.73 Å². The Hall–Kier alpha value is -1.41. The van der Waals surface area contributed by atoms with Crippen molar-refractivity contribution in [2.75, 3.05) is 6.61 Å². The van der Waals surface area contributed by atoms with Gasteiger partial charge in [0.2, 0.25) is 5.82 Å². The number of halogens is 2. The summed E-state index contributed by atoms with van der Waals surface area (Å²) in [6, 6.07) is 1.84. The van der Waals surface area contributed by atoms with Gasteiger partial charge in [0.05, 0.1) is 12.8 Å². The van der Waals surface area contributed by atoms with Crippen LogP contribution in [0, 0.1) is 17.8 Å². The summed E-state index contributed by atoms with van der Waals surface area (Å²) in [5.74, 6) is 0.652. The molecule has 0 saturated carbocycles. The molecular formula is C11H14ClFN3O14P3. The van der Waals surface area contributed by atoms with Gasteiger partial charge < -0.3 is 35.2 Å². The number of nitrogens with one attached hydrogen (secondary N) is 1. The number of nitrogens with two attached hydrogens (primary N) is 1. The predicted octanol–water partition coefficient (Wildman–Crippen LogP) is -1.83. The highest BCUT2D eigenvalue weighted by atomic mass is 35.5. The number of nitrogens with zero attached hydrogens (tertiary/aromatic N) is 1. The Balaban J connectivity index is 2.28. The third-order valence-electron chi connectivity index (χ3n) is 3.70. The molecule has 1 aliphatic heterocycles. The van der Waals surface area contributed by atoms with E-state index in [1.54, 1.807) is 4.98 Å². The third-order valence-corrected chi connectivity index (χ3v) is 8.01. The van der Waals surface area contributed by atoms with Crippen molar-refractivity contribution < 1.29 is 60.6 Å². The highest BCUT2D eigenvalue weighted by Crippen LogP contribution is 2.66. The van der Waals surface area contributed by atoms with Crippen LogP contribution in [-0.4, -0.2) is 57.9 Å². The van der Waals surface area contributed by atoms with Crippen molar-refractivity contribution in [2.45, 2.75) is 23.3 Å². The molecule has 1 aliphatic rings. The topological polar surface area (TPSA) is 270 Å². The number of ether oxygens (including phenoxy) is 1. The molecule has 186 valence electrons. The van der Waals surface area contributed by atoms with Gasteiger partial charge in [-0.05, 0) is 5.92 Å². The standard InChI is InChI=1S/C11H14ClFN3O14P3/c12-11(1-2-14)7(17)6(28-9(11)16-3-5(13)8(18)15-10(16)19)4-27-32(23,24)30-33(25,26)29-31(20,21)22/h3,6-7,9,17H,4,14H2,(H,23,24)(H,25,26)(H,15,18,19)(H2,20,21,22)/t6-,7+,9-,11?/m1/s1. The highest BCUT2D eigenvalue weighted by molar-refractivity contribution is 7.66. The number of phosphoric acid groups is 3. The molecular weight excluding hydrogens is 546 g/mol. The number of aromatic nitrogens is 2. The number of alkyl halides is 1. The van der Waals surface area contributed by atoms with Crippen LogP contribution in [0.3, 0.4) is 0 Å². The lowest BCUT2D eigenvalue weighted by molar-refractivity contribution is -0.0458. The Bertz CT molecular complexity index is 1240. The lowest BCUT2D eigenvalue weighted by atomic mass is 9.99. The van der Waals surface area contributed by atoms with Gasteiger partial charge in [-0.25, -0.2) is 18.5 Å². The minimum atomic E-state index is -5.82. The van der Waals surface area contributed by atoms with Crippen LogP contribution in [0.5, 0.6) is 0 Å². The summed E-state index contributed by atoms with van der Waals surface area (Å²) >= 11 is 6.20. The van der Waals surface area contributed by atoms with Crippen LogP contribution in [0.15, 0.2) is 15.8 Å². The molecule has 3 unspecified atom stereocenters. The first-order chi connectivity index (χ1) is 14.9. The maximum atomic E-state index is 13.7. The van der Waals surface area contributed by atoms with Crippen molar-refractivity contribution in [3.63, 3.8) is 0 Å². The fourth-order valence-corrected chi connectivity index (χ4v) is 5.89. The van der Waals surface area contributed by atoms with Gasteiger partial charge in [0, 0.05) is 6.04 Å². The molecule has 6 atom stereocenters. The number of rotatable bonds is 8. The zero-order valence-electron chi connectivity index (χ0n) is 15.5. The van der Waals surface area contributed by atoms with Crippen molar-refractivity contribution in [3.05, 3.63) is 32.9 Å².